The fourth-order valence-electron chi connectivity index (χ4n) is 3.39. The zero-order valence-electron chi connectivity index (χ0n) is 14.8. The van der Waals surface area contributed by atoms with Gasteiger partial charge in [-0.2, -0.15) is 0 Å². The molecule has 0 saturated carbocycles. The van der Waals surface area contributed by atoms with Crippen LogP contribution in [0.5, 0.6) is 0 Å². The number of hydrogen-bond acceptors (Lipinski definition) is 3. The Hall–Kier alpha value is -1.78. The van der Waals surface area contributed by atoms with Crippen molar-refractivity contribution in [3.05, 3.63) is 66.2 Å². The lowest BCUT2D eigenvalue weighted by Gasteiger charge is -2.41. The summed E-state index contributed by atoms with van der Waals surface area (Å²) in [4.78, 5) is 15.9. The number of likely N-dealkylation sites (tertiary alicyclic amines) is 1. The lowest BCUT2D eigenvalue weighted by Crippen LogP contribution is -2.48. The molecule has 2 aromatic rings. The minimum Gasteiger partial charge on any atom is -0.354 e. The van der Waals surface area contributed by atoms with Crippen LogP contribution in [0.3, 0.4) is 0 Å². The number of nitrogens with zero attached hydrogens (tertiary/aromatic N) is 1. The summed E-state index contributed by atoms with van der Waals surface area (Å²) in [7, 11) is 2.17. The lowest BCUT2D eigenvalue weighted by molar-refractivity contribution is -0.118. The number of hydrogen-bond donors (Lipinski definition) is 1. The second kappa shape index (κ2) is 8.54. The zero-order chi connectivity index (χ0) is 17.5. The first-order valence-electron chi connectivity index (χ1n) is 8.87. The Morgan fingerprint density at radius 2 is 1.64 bits per heavy atom. The molecule has 3 rings (SSSR count). The molecule has 1 heterocycles. The molecule has 1 amide bonds. The van der Waals surface area contributed by atoms with Gasteiger partial charge in [-0.05, 0) is 50.7 Å². The van der Waals surface area contributed by atoms with Crippen molar-refractivity contribution in [1.82, 2.24) is 10.2 Å². The van der Waals surface area contributed by atoms with Crippen molar-refractivity contribution in [2.75, 3.05) is 32.4 Å². The maximum atomic E-state index is 12.4. The highest BCUT2D eigenvalue weighted by molar-refractivity contribution is 8.00. The van der Waals surface area contributed by atoms with E-state index in [9.17, 15) is 4.79 Å². The Morgan fingerprint density at radius 1 is 1.04 bits per heavy atom. The molecule has 0 aromatic heterocycles. The van der Waals surface area contributed by atoms with Crippen LogP contribution in [-0.2, 0) is 10.2 Å². The van der Waals surface area contributed by atoms with Crippen LogP contribution in [0, 0.1) is 0 Å². The summed E-state index contributed by atoms with van der Waals surface area (Å²) in [6.45, 7) is 2.87. The van der Waals surface area contributed by atoms with E-state index < -0.39 is 0 Å². The van der Waals surface area contributed by atoms with Crippen LogP contribution in [0.15, 0.2) is 65.6 Å². The summed E-state index contributed by atoms with van der Waals surface area (Å²) in [5, 5.41) is 3.20. The third-order valence-electron chi connectivity index (χ3n) is 5.07. The first kappa shape index (κ1) is 18.0. The summed E-state index contributed by atoms with van der Waals surface area (Å²) in [5.74, 6) is 0.581. The molecule has 25 heavy (non-hydrogen) atoms. The van der Waals surface area contributed by atoms with Crippen LogP contribution < -0.4 is 5.32 Å². The van der Waals surface area contributed by atoms with E-state index >= 15 is 0 Å². The maximum Gasteiger partial charge on any atom is 0.230 e. The number of rotatable bonds is 6. The predicted octanol–water partition coefficient (Wildman–Crippen LogP) is 3.56. The molecule has 0 bridgehead atoms. The van der Waals surface area contributed by atoms with Crippen molar-refractivity contribution in [3.8, 4) is 0 Å². The SMILES string of the molecule is CN1CCC(CNC(=O)CSc2ccccc2)(c2ccccc2)CC1. The molecule has 4 heteroatoms. The van der Waals surface area contributed by atoms with Gasteiger partial charge in [-0.1, -0.05) is 48.5 Å². The Bertz CT molecular complexity index is 667. The van der Waals surface area contributed by atoms with Crippen molar-refractivity contribution >= 4 is 17.7 Å². The van der Waals surface area contributed by atoms with E-state index in [4.69, 9.17) is 0 Å². The molecule has 1 aliphatic heterocycles. The van der Waals surface area contributed by atoms with Crippen molar-refractivity contribution in [2.45, 2.75) is 23.2 Å². The third kappa shape index (κ3) is 4.86. The molecule has 0 atom stereocenters. The highest BCUT2D eigenvalue weighted by atomic mass is 32.2. The molecule has 3 nitrogen and oxygen atoms in total. The van der Waals surface area contributed by atoms with E-state index in [1.807, 2.05) is 30.3 Å². The van der Waals surface area contributed by atoms with Gasteiger partial charge < -0.3 is 10.2 Å². The zero-order valence-corrected chi connectivity index (χ0v) is 15.6. The summed E-state index contributed by atoms with van der Waals surface area (Å²) in [6.07, 6.45) is 2.17. The monoisotopic (exact) mass is 354 g/mol. The van der Waals surface area contributed by atoms with Gasteiger partial charge >= 0.3 is 0 Å². The number of amides is 1. The van der Waals surface area contributed by atoms with Gasteiger partial charge in [-0.3, -0.25) is 4.79 Å². The number of nitrogens with one attached hydrogen (secondary N) is 1. The van der Waals surface area contributed by atoms with E-state index in [1.54, 1.807) is 11.8 Å². The molecule has 132 valence electrons. The quantitative estimate of drug-likeness (QED) is 0.805. The summed E-state index contributed by atoms with van der Waals surface area (Å²) in [5.41, 5.74) is 1.40. The van der Waals surface area contributed by atoms with Crippen LogP contribution >= 0.6 is 11.8 Å². The molecule has 0 spiro atoms. The van der Waals surface area contributed by atoms with E-state index in [0.717, 1.165) is 37.4 Å². The minimum absolute atomic E-state index is 0.0564. The fourth-order valence-corrected chi connectivity index (χ4v) is 4.14. The van der Waals surface area contributed by atoms with Crippen LogP contribution in [0.1, 0.15) is 18.4 Å². The molecule has 0 unspecified atom stereocenters. The topological polar surface area (TPSA) is 32.3 Å². The van der Waals surface area contributed by atoms with E-state index in [-0.39, 0.29) is 11.3 Å². The molecule has 1 fully saturated rings. The highest BCUT2D eigenvalue weighted by Crippen LogP contribution is 2.34. The van der Waals surface area contributed by atoms with Gasteiger partial charge in [0.25, 0.3) is 0 Å². The summed E-state index contributed by atoms with van der Waals surface area (Å²) in [6, 6.07) is 20.7. The fraction of sp³-hybridized carbons (Fsp3) is 0.381. The lowest BCUT2D eigenvalue weighted by atomic mass is 9.72. The van der Waals surface area contributed by atoms with E-state index in [1.165, 1.54) is 5.56 Å². The molecule has 1 saturated heterocycles. The Kier molecular flexibility index (Phi) is 6.16. The van der Waals surface area contributed by atoms with Gasteiger partial charge in [0.2, 0.25) is 5.91 Å². The van der Waals surface area contributed by atoms with Crippen LogP contribution in [0.25, 0.3) is 0 Å². The van der Waals surface area contributed by atoms with Gasteiger partial charge in [0.1, 0.15) is 0 Å². The van der Waals surface area contributed by atoms with Crippen LogP contribution in [0.4, 0.5) is 0 Å². The highest BCUT2D eigenvalue weighted by Gasteiger charge is 2.35. The average molecular weight is 355 g/mol. The number of carbonyl (C=O) groups excluding carboxylic acids is 1. The minimum atomic E-state index is 0.0564. The summed E-state index contributed by atoms with van der Waals surface area (Å²) >= 11 is 1.59. The largest absolute Gasteiger partial charge is 0.354 e. The summed E-state index contributed by atoms with van der Waals surface area (Å²) < 4.78 is 0. The second-order valence-corrected chi connectivity index (χ2v) is 7.88. The van der Waals surface area contributed by atoms with Crippen LogP contribution in [-0.4, -0.2) is 43.2 Å². The van der Waals surface area contributed by atoms with E-state index in [2.05, 4.69) is 47.6 Å². The number of piperidine rings is 1. The Balaban J connectivity index is 1.60. The number of benzene rings is 2. The van der Waals surface area contributed by atoms with Gasteiger partial charge in [0.05, 0.1) is 5.75 Å². The van der Waals surface area contributed by atoms with E-state index in [0.29, 0.717) is 5.75 Å². The molecule has 1 aliphatic rings. The van der Waals surface area contributed by atoms with Crippen molar-refractivity contribution < 1.29 is 4.79 Å². The van der Waals surface area contributed by atoms with Crippen molar-refractivity contribution in [3.63, 3.8) is 0 Å². The molecular weight excluding hydrogens is 328 g/mol. The predicted molar refractivity (Wildman–Crippen MR) is 105 cm³/mol. The first-order chi connectivity index (χ1) is 12.2. The molecule has 0 radical (unpaired) electrons. The van der Waals surface area contributed by atoms with Gasteiger partial charge in [-0.15, -0.1) is 11.8 Å². The maximum absolute atomic E-state index is 12.4. The second-order valence-electron chi connectivity index (χ2n) is 6.83. The third-order valence-corrected chi connectivity index (χ3v) is 6.08. The Labute approximate surface area is 154 Å². The molecular formula is C21H26N2OS. The van der Waals surface area contributed by atoms with Gasteiger partial charge in [0, 0.05) is 16.9 Å². The normalized spacial score (nSPS) is 17.2. The number of thioether (sulfide) groups is 1. The molecule has 0 aliphatic carbocycles. The Morgan fingerprint density at radius 3 is 2.28 bits per heavy atom. The average Bonchev–Trinajstić information content (AvgIpc) is 2.68. The standard InChI is InChI=1S/C21H26N2OS/c1-23-14-12-21(13-15-23,18-8-4-2-5-9-18)17-22-20(24)16-25-19-10-6-3-7-11-19/h2-11H,12-17H2,1H3,(H,22,24). The smallest absolute Gasteiger partial charge is 0.230 e. The molecule has 1 N–H and O–H groups in total. The first-order valence-corrected chi connectivity index (χ1v) is 9.85. The van der Waals surface area contributed by atoms with Gasteiger partial charge in [0.15, 0.2) is 0 Å². The number of carbonyl (C=O) groups is 1. The van der Waals surface area contributed by atoms with Crippen molar-refractivity contribution in [1.29, 1.82) is 0 Å². The van der Waals surface area contributed by atoms with Crippen LogP contribution in [0.2, 0.25) is 0 Å². The van der Waals surface area contributed by atoms with Crippen molar-refractivity contribution in [2.24, 2.45) is 0 Å². The molecule has 2 aromatic carbocycles. The van der Waals surface area contributed by atoms with Gasteiger partial charge in [-0.25, -0.2) is 0 Å².